The van der Waals surface area contributed by atoms with Crippen LogP contribution in [0.4, 0.5) is 0 Å². The van der Waals surface area contributed by atoms with Crippen molar-refractivity contribution in [1.82, 2.24) is 9.62 Å². The largest absolute Gasteiger partial charge is 0.386 e. The molecule has 1 aromatic heterocycles. The standard InChI is InChI=1S/C13H20N2O4S2/c1-21(18,19)15-6-4-10(5-7-15)13(17)14-9-11(16)12-3-2-8-20-12/h2-3,8,10-11,16H,4-7,9H2,1H3,(H,14,17). The molecule has 1 saturated heterocycles. The molecule has 0 spiro atoms. The maximum Gasteiger partial charge on any atom is 0.223 e. The molecule has 1 unspecified atom stereocenters. The topological polar surface area (TPSA) is 86.7 Å². The summed E-state index contributed by atoms with van der Waals surface area (Å²) in [6.07, 6.45) is 1.54. The monoisotopic (exact) mass is 332 g/mol. The maximum absolute atomic E-state index is 12.0. The van der Waals surface area contributed by atoms with Crippen LogP contribution in [-0.2, 0) is 14.8 Å². The van der Waals surface area contributed by atoms with Crippen LogP contribution in [0.5, 0.6) is 0 Å². The van der Waals surface area contributed by atoms with Crippen molar-refractivity contribution in [2.75, 3.05) is 25.9 Å². The number of piperidine rings is 1. The van der Waals surface area contributed by atoms with Gasteiger partial charge in [0.1, 0.15) is 6.10 Å². The van der Waals surface area contributed by atoms with Gasteiger partial charge in [0.25, 0.3) is 0 Å². The lowest BCUT2D eigenvalue weighted by Gasteiger charge is -2.29. The van der Waals surface area contributed by atoms with Crippen molar-refractivity contribution >= 4 is 27.3 Å². The second-order valence-corrected chi connectivity index (χ2v) is 8.17. The lowest BCUT2D eigenvalue weighted by Crippen LogP contribution is -2.43. The van der Waals surface area contributed by atoms with Gasteiger partial charge in [-0.1, -0.05) is 6.07 Å². The third-order valence-corrected chi connectivity index (χ3v) is 5.91. The molecule has 0 bridgehead atoms. The molecule has 0 radical (unpaired) electrons. The smallest absolute Gasteiger partial charge is 0.223 e. The molecule has 2 rings (SSSR count). The van der Waals surface area contributed by atoms with Gasteiger partial charge in [0.15, 0.2) is 0 Å². The molecule has 8 heteroatoms. The van der Waals surface area contributed by atoms with E-state index in [1.165, 1.54) is 21.9 Å². The number of carbonyl (C=O) groups is 1. The maximum atomic E-state index is 12.0. The summed E-state index contributed by atoms with van der Waals surface area (Å²) < 4.78 is 24.2. The summed E-state index contributed by atoms with van der Waals surface area (Å²) in [5.74, 6) is -0.294. The highest BCUT2D eigenvalue weighted by Crippen LogP contribution is 2.21. The molecule has 1 aliphatic heterocycles. The number of hydrogen-bond acceptors (Lipinski definition) is 5. The number of nitrogens with one attached hydrogen (secondary N) is 1. The van der Waals surface area contributed by atoms with Crippen LogP contribution in [0, 0.1) is 5.92 Å². The molecule has 2 heterocycles. The van der Waals surface area contributed by atoms with Gasteiger partial charge in [0.2, 0.25) is 15.9 Å². The average Bonchev–Trinajstić information content (AvgIpc) is 2.98. The van der Waals surface area contributed by atoms with Crippen molar-refractivity contribution in [2.45, 2.75) is 18.9 Å². The van der Waals surface area contributed by atoms with Crippen LogP contribution < -0.4 is 5.32 Å². The highest BCUT2D eigenvalue weighted by molar-refractivity contribution is 7.88. The lowest BCUT2D eigenvalue weighted by molar-refractivity contribution is -0.126. The normalized spacial score (nSPS) is 19.3. The van der Waals surface area contributed by atoms with Crippen LogP contribution in [0.3, 0.4) is 0 Å². The van der Waals surface area contributed by atoms with Gasteiger partial charge in [-0.3, -0.25) is 4.79 Å². The summed E-state index contributed by atoms with van der Waals surface area (Å²) in [6, 6.07) is 3.68. The molecular weight excluding hydrogens is 312 g/mol. The Morgan fingerprint density at radius 2 is 2.19 bits per heavy atom. The molecule has 0 saturated carbocycles. The Bertz CT molecular complexity index is 563. The van der Waals surface area contributed by atoms with Gasteiger partial charge in [-0.25, -0.2) is 12.7 Å². The minimum Gasteiger partial charge on any atom is -0.386 e. The Kier molecular flexibility index (Phi) is 5.37. The summed E-state index contributed by atoms with van der Waals surface area (Å²) in [5.41, 5.74) is 0. The Balaban J connectivity index is 1.77. The van der Waals surface area contributed by atoms with Crippen LogP contribution >= 0.6 is 11.3 Å². The van der Waals surface area contributed by atoms with Crippen LogP contribution in [-0.4, -0.2) is 49.6 Å². The molecule has 0 aromatic carbocycles. The first-order valence-electron chi connectivity index (χ1n) is 6.82. The van der Waals surface area contributed by atoms with Gasteiger partial charge in [-0.15, -0.1) is 11.3 Å². The summed E-state index contributed by atoms with van der Waals surface area (Å²) >= 11 is 1.45. The van der Waals surface area contributed by atoms with Crippen molar-refractivity contribution in [3.63, 3.8) is 0 Å². The summed E-state index contributed by atoms with van der Waals surface area (Å²) in [6.45, 7) is 0.945. The number of aliphatic hydroxyl groups is 1. The third kappa shape index (κ3) is 4.50. The fourth-order valence-electron chi connectivity index (χ4n) is 2.37. The highest BCUT2D eigenvalue weighted by Gasteiger charge is 2.29. The molecule has 0 aliphatic carbocycles. The number of thiophene rings is 1. The molecule has 1 aliphatic rings. The van der Waals surface area contributed by atoms with E-state index in [1.54, 1.807) is 0 Å². The van der Waals surface area contributed by atoms with E-state index >= 15 is 0 Å². The van der Waals surface area contributed by atoms with E-state index in [9.17, 15) is 18.3 Å². The van der Waals surface area contributed by atoms with Crippen LogP contribution in [0.2, 0.25) is 0 Å². The first-order chi connectivity index (χ1) is 9.88. The van der Waals surface area contributed by atoms with E-state index in [4.69, 9.17) is 0 Å². The zero-order valence-electron chi connectivity index (χ0n) is 11.9. The second-order valence-electron chi connectivity index (χ2n) is 5.21. The van der Waals surface area contributed by atoms with E-state index in [2.05, 4.69) is 5.32 Å². The van der Waals surface area contributed by atoms with E-state index in [-0.39, 0.29) is 18.4 Å². The molecule has 118 valence electrons. The molecule has 6 nitrogen and oxygen atoms in total. The highest BCUT2D eigenvalue weighted by atomic mass is 32.2. The number of hydrogen-bond donors (Lipinski definition) is 2. The minimum atomic E-state index is -3.17. The zero-order chi connectivity index (χ0) is 15.5. The molecule has 1 fully saturated rings. The van der Waals surface area contributed by atoms with Crippen molar-refractivity contribution < 1.29 is 18.3 Å². The molecule has 2 N–H and O–H groups in total. The first kappa shape index (κ1) is 16.4. The first-order valence-corrected chi connectivity index (χ1v) is 9.55. The fraction of sp³-hybridized carbons (Fsp3) is 0.615. The fourth-order valence-corrected chi connectivity index (χ4v) is 3.96. The van der Waals surface area contributed by atoms with Gasteiger partial charge in [-0.05, 0) is 24.3 Å². The summed E-state index contributed by atoms with van der Waals surface area (Å²) in [5, 5.41) is 14.5. The SMILES string of the molecule is CS(=O)(=O)N1CCC(C(=O)NCC(O)c2cccs2)CC1. The van der Waals surface area contributed by atoms with Gasteiger partial charge in [0.05, 0.1) is 6.26 Å². The Morgan fingerprint density at radius 1 is 1.52 bits per heavy atom. The molecular formula is C13H20N2O4S2. The molecule has 1 aromatic rings. The van der Waals surface area contributed by atoms with Crippen molar-refractivity contribution in [2.24, 2.45) is 5.92 Å². The van der Waals surface area contributed by atoms with E-state index in [0.717, 1.165) is 4.88 Å². The number of nitrogens with zero attached hydrogens (tertiary/aromatic N) is 1. The summed E-state index contributed by atoms with van der Waals surface area (Å²) in [4.78, 5) is 12.9. The van der Waals surface area contributed by atoms with Gasteiger partial charge >= 0.3 is 0 Å². The Morgan fingerprint density at radius 3 is 2.71 bits per heavy atom. The minimum absolute atomic E-state index is 0.112. The Labute approximate surface area is 128 Å². The van der Waals surface area contributed by atoms with E-state index in [0.29, 0.717) is 25.9 Å². The van der Waals surface area contributed by atoms with Crippen LogP contribution in [0.15, 0.2) is 17.5 Å². The van der Waals surface area contributed by atoms with Gasteiger partial charge in [0, 0.05) is 30.4 Å². The predicted molar refractivity (Wildman–Crippen MR) is 81.4 cm³/mol. The quantitative estimate of drug-likeness (QED) is 0.825. The number of carbonyl (C=O) groups excluding carboxylic acids is 1. The lowest BCUT2D eigenvalue weighted by atomic mass is 9.97. The molecule has 1 amide bonds. The van der Waals surface area contributed by atoms with Gasteiger partial charge in [-0.2, -0.15) is 0 Å². The number of aliphatic hydroxyl groups excluding tert-OH is 1. The number of amides is 1. The van der Waals surface area contributed by atoms with Crippen LogP contribution in [0.1, 0.15) is 23.8 Å². The predicted octanol–water partition coefficient (Wildman–Crippen LogP) is 0.569. The summed E-state index contributed by atoms with van der Waals surface area (Å²) in [7, 11) is -3.17. The number of sulfonamides is 1. The van der Waals surface area contributed by atoms with E-state index < -0.39 is 16.1 Å². The number of rotatable bonds is 5. The Hall–Kier alpha value is -0.960. The van der Waals surface area contributed by atoms with Crippen molar-refractivity contribution in [1.29, 1.82) is 0 Å². The molecule has 1 atom stereocenters. The van der Waals surface area contributed by atoms with Crippen molar-refractivity contribution in [3.8, 4) is 0 Å². The van der Waals surface area contributed by atoms with Crippen LogP contribution in [0.25, 0.3) is 0 Å². The molecule has 21 heavy (non-hydrogen) atoms. The van der Waals surface area contributed by atoms with E-state index in [1.807, 2.05) is 17.5 Å². The van der Waals surface area contributed by atoms with Gasteiger partial charge < -0.3 is 10.4 Å². The second kappa shape index (κ2) is 6.87. The zero-order valence-corrected chi connectivity index (χ0v) is 13.5. The third-order valence-electron chi connectivity index (χ3n) is 3.63. The van der Waals surface area contributed by atoms with Crippen molar-refractivity contribution in [3.05, 3.63) is 22.4 Å². The average molecular weight is 332 g/mol.